The summed E-state index contributed by atoms with van der Waals surface area (Å²) in [6.45, 7) is 4.27. The molecule has 0 amide bonds. The van der Waals surface area contributed by atoms with Crippen LogP contribution in [-0.2, 0) is 0 Å². The molecular weight excluding hydrogens is 200 g/mol. The number of hydrogen-bond acceptors (Lipinski definition) is 1. The molecule has 1 heterocycles. The quantitative estimate of drug-likeness (QED) is 0.631. The molecule has 0 fully saturated rings. The lowest BCUT2D eigenvalue weighted by molar-refractivity contribution is 0.933. The van der Waals surface area contributed by atoms with Gasteiger partial charge in [0.15, 0.2) is 0 Å². The third kappa shape index (κ3) is 1.38. The largest absolute Gasteiger partial charge is 0.0895 e. The Balaban J connectivity index is 2.20. The molecular formula is C14H11S. The van der Waals surface area contributed by atoms with Crippen molar-refractivity contribution in [1.82, 2.24) is 0 Å². The normalized spacial score (nSPS) is 14.5. The Hall–Kier alpha value is -1.21. The summed E-state index contributed by atoms with van der Waals surface area (Å²) in [5.74, 6) is 0.277. The highest BCUT2D eigenvalue weighted by molar-refractivity contribution is 7.99. The van der Waals surface area contributed by atoms with Gasteiger partial charge in [-0.1, -0.05) is 48.2 Å². The van der Waals surface area contributed by atoms with Crippen LogP contribution in [0.25, 0.3) is 0 Å². The van der Waals surface area contributed by atoms with Gasteiger partial charge in [0.1, 0.15) is 0 Å². The van der Waals surface area contributed by atoms with E-state index >= 15 is 0 Å². The fraction of sp³-hybridized carbons (Fsp3) is 0.0714. The van der Waals surface area contributed by atoms with Crippen LogP contribution in [0.1, 0.15) is 17.0 Å². The molecule has 0 bridgehead atoms. The molecule has 73 valence electrons. The lowest BCUT2D eigenvalue weighted by atomic mass is 9.93. The Labute approximate surface area is 94.3 Å². The minimum Gasteiger partial charge on any atom is -0.0895 e. The molecule has 0 nitrogen and oxygen atoms in total. The first-order chi connectivity index (χ1) is 7.36. The molecule has 0 unspecified atom stereocenters. The van der Waals surface area contributed by atoms with Crippen molar-refractivity contribution in [2.24, 2.45) is 0 Å². The third-order valence-electron chi connectivity index (χ3n) is 2.81. The van der Waals surface area contributed by atoms with Crippen LogP contribution >= 0.6 is 11.8 Å². The summed E-state index contributed by atoms with van der Waals surface area (Å²) >= 11 is 1.85. The van der Waals surface area contributed by atoms with Crippen LogP contribution in [0.5, 0.6) is 0 Å². The van der Waals surface area contributed by atoms with Gasteiger partial charge in [0, 0.05) is 15.7 Å². The van der Waals surface area contributed by atoms with Crippen LogP contribution in [0.3, 0.4) is 0 Å². The fourth-order valence-corrected chi connectivity index (χ4v) is 3.20. The van der Waals surface area contributed by atoms with Gasteiger partial charge in [0.25, 0.3) is 0 Å². The molecule has 1 aliphatic heterocycles. The van der Waals surface area contributed by atoms with Gasteiger partial charge in [-0.2, -0.15) is 0 Å². The van der Waals surface area contributed by atoms with Crippen molar-refractivity contribution in [3.8, 4) is 0 Å². The standard InChI is InChI=1S/C14H11S/c1-10-11-6-2-4-8-13(11)15-14-9-5-3-7-12(10)14/h2-10H,1H2. The lowest BCUT2D eigenvalue weighted by Crippen LogP contribution is -2.04. The van der Waals surface area contributed by atoms with E-state index in [9.17, 15) is 0 Å². The zero-order valence-electron chi connectivity index (χ0n) is 8.31. The average Bonchev–Trinajstić information content (AvgIpc) is 2.30. The maximum atomic E-state index is 4.27. The second-order valence-electron chi connectivity index (χ2n) is 3.73. The molecule has 0 saturated carbocycles. The van der Waals surface area contributed by atoms with Gasteiger partial charge in [-0.15, -0.1) is 0 Å². The van der Waals surface area contributed by atoms with Crippen LogP contribution in [0.4, 0.5) is 0 Å². The van der Waals surface area contributed by atoms with Crippen molar-refractivity contribution in [2.75, 3.05) is 0 Å². The smallest absolute Gasteiger partial charge is 0.0160 e. The molecule has 0 saturated heterocycles. The van der Waals surface area contributed by atoms with E-state index < -0.39 is 0 Å². The van der Waals surface area contributed by atoms with Crippen molar-refractivity contribution in [3.63, 3.8) is 0 Å². The first kappa shape index (κ1) is 9.05. The molecule has 0 spiro atoms. The highest BCUT2D eigenvalue weighted by atomic mass is 32.2. The van der Waals surface area contributed by atoms with Crippen LogP contribution in [0.2, 0.25) is 0 Å². The first-order valence-corrected chi connectivity index (χ1v) is 5.87. The Morgan fingerprint density at radius 2 is 1.27 bits per heavy atom. The zero-order valence-corrected chi connectivity index (χ0v) is 9.13. The van der Waals surface area contributed by atoms with E-state index in [-0.39, 0.29) is 5.92 Å². The summed E-state index contributed by atoms with van der Waals surface area (Å²) in [6.07, 6.45) is 0. The Bertz CT molecular complexity index is 457. The topological polar surface area (TPSA) is 0 Å². The molecule has 1 aliphatic rings. The van der Waals surface area contributed by atoms with Crippen molar-refractivity contribution in [2.45, 2.75) is 15.7 Å². The fourth-order valence-electron chi connectivity index (χ4n) is 2.01. The van der Waals surface area contributed by atoms with E-state index in [1.807, 2.05) is 11.8 Å². The monoisotopic (exact) mass is 211 g/mol. The number of hydrogen-bond donors (Lipinski definition) is 0. The minimum absolute atomic E-state index is 0.277. The second kappa shape index (κ2) is 3.42. The Morgan fingerprint density at radius 3 is 1.80 bits per heavy atom. The molecule has 0 aromatic heterocycles. The van der Waals surface area contributed by atoms with Gasteiger partial charge in [-0.05, 0) is 30.2 Å². The molecule has 0 aliphatic carbocycles. The number of benzene rings is 2. The second-order valence-corrected chi connectivity index (χ2v) is 4.81. The van der Waals surface area contributed by atoms with Crippen LogP contribution in [0.15, 0.2) is 58.3 Å². The predicted molar refractivity (Wildman–Crippen MR) is 64.2 cm³/mol. The summed E-state index contributed by atoms with van der Waals surface area (Å²) in [5, 5.41) is 0. The highest BCUT2D eigenvalue weighted by Gasteiger charge is 2.21. The number of fused-ring (bicyclic) bond motifs is 2. The lowest BCUT2D eigenvalue weighted by Gasteiger charge is -2.24. The van der Waals surface area contributed by atoms with Gasteiger partial charge in [-0.25, -0.2) is 0 Å². The van der Waals surface area contributed by atoms with E-state index in [0.29, 0.717) is 0 Å². The van der Waals surface area contributed by atoms with E-state index in [1.54, 1.807) is 0 Å². The van der Waals surface area contributed by atoms with Gasteiger partial charge >= 0.3 is 0 Å². The molecule has 1 radical (unpaired) electrons. The molecule has 15 heavy (non-hydrogen) atoms. The van der Waals surface area contributed by atoms with E-state index in [1.165, 1.54) is 20.9 Å². The third-order valence-corrected chi connectivity index (χ3v) is 3.99. The molecule has 1 heteroatoms. The van der Waals surface area contributed by atoms with E-state index in [2.05, 4.69) is 55.5 Å². The molecule has 2 aromatic rings. The van der Waals surface area contributed by atoms with Gasteiger partial charge in [0.2, 0.25) is 0 Å². The van der Waals surface area contributed by atoms with Crippen molar-refractivity contribution >= 4 is 11.8 Å². The van der Waals surface area contributed by atoms with Crippen LogP contribution in [-0.4, -0.2) is 0 Å². The first-order valence-electron chi connectivity index (χ1n) is 5.05. The molecule has 3 rings (SSSR count). The van der Waals surface area contributed by atoms with Crippen LogP contribution < -0.4 is 0 Å². The van der Waals surface area contributed by atoms with Gasteiger partial charge in [0.05, 0.1) is 0 Å². The molecule has 0 N–H and O–H groups in total. The minimum atomic E-state index is 0.277. The van der Waals surface area contributed by atoms with Crippen molar-refractivity contribution in [1.29, 1.82) is 0 Å². The zero-order chi connectivity index (χ0) is 10.3. The summed E-state index contributed by atoms with van der Waals surface area (Å²) < 4.78 is 0. The average molecular weight is 211 g/mol. The molecule has 0 atom stereocenters. The molecule has 2 aromatic carbocycles. The maximum absolute atomic E-state index is 4.27. The SMILES string of the molecule is [CH2]C1c2ccccc2Sc2ccccc21. The Kier molecular flexibility index (Phi) is 2.06. The summed E-state index contributed by atoms with van der Waals surface area (Å²) in [6, 6.07) is 17.1. The van der Waals surface area contributed by atoms with Gasteiger partial charge in [-0.3, -0.25) is 0 Å². The van der Waals surface area contributed by atoms with Gasteiger partial charge < -0.3 is 0 Å². The summed E-state index contributed by atoms with van der Waals surface area (Å²) in [5.41, 5.74) is 2.70. The maximum Gasteiger partial charge on any atom is 0.0160 e. The van der Waals surface area contributed by atoms with E-state index in [0.717, 1.165) is 0 Å². The summed E-state index contributed by atoms with van der Waals surface area (Å²) in [7, 11) is 0. The van der Waals surface area contributed by atoms with Crippen molar-refractivity contribution < 1.29 is 0 Å². The van der Waals surface area contributed by atoms with E-state index in [4.69, 9.17) is 0 Å². The predicted octanol–water partition coefficient (Wildman–Crippen LogP) is 4.12. The van der Waals surface area contributed by atoms with Crippen molar-refractivity contribution in [3.05, 3.63) is 66.6 Å². The van der Waals surface area contributed by atoms with Crippen LogP contribution in [0, 0.1) is 6.92 Å². The number of rotatable bonds is 0. The summed E-state index contributed by atoms with van der Waals surface area (Å²) in [4.78, 5) is 2.69. The Morgan fingerprint density at radius 1 is 0.800 bits per heavy atom. The highest BCUT2D eigenvalue weighted by Crippen LogP contribution is 2.44.